The number of pyridine rings is 1. The molecule has 3 heterocycles. The van der Waals surface area contributed by atoms with E-state index in [0.717, 1.165) is 6.07 Å². The lowest BCUT2D eigenvalue weighted by molar-refractivity contribution is -0.151. The molecule has 7 nitrogen and oxygen atoms in total. The molecule has 3 aromatic rings. The van der Waals surface area contributed by atoms with E-state index in [2.05, 4.69) is 24.9 Å². The van der Waals surface area contributed by atoms with Crippen molar-refractivity contribution in [2.75, 3.05) is 12.5 Å². The van der Waals surface area contributed by atoms with Crippen LogP contribution in [0.1, 0.15) is 23.9 Å². The summed E-state index contributed by atoms with van der Waals surface area (Å²) in [5.41, 5.74) is -1.37. The van der Waals surface area contributed by atoms with Gasteiger partial charge in [-0.1, -0.05) is 46.7 Å². The molecular weight excluding hydrogens is 472 g/mol. The minimum absolute atomic E-state index is 0.0118. The van der Waals surface area contributed by atoms with E-state index in [1.54, 1.807) is 12.5 Å². The highest BCUT2D eigenvalue weighted by molar-refractivity contribution is 7.98. The first-order chi connectivity index (χ1) is 14.3. The minimum Gasteiger partial charge on any atom is -0.441 e. The maximum atomic E-state index is 14.5. The number of thioether (sulfide) groups is 2. The van der Waals surface area contributed by atoms with E-state index in [-0.39, 0.29) is 22.1 Å². The van der Waals surface area contributed by atoms with Gasteiger partial charge in [0.2, 0.25) is 5.60 Å². The largest absolute Gasteiger partial charge is 0.441 e. The van der Waals surface area contributed by atoms with Crippen molar-refractivity contribution in [2.45, 2.75) is 22.8 Å². The van der Waals surface area contributed by atoms with Gasteiger partial charge in [0.05, 0.1) is 11.4 Å². The van der Waals surface area contributed by atoms with Crippen LogP contribution in [0.2, 0.25) is 10.3 Å². The number of nitrogens with zero attached hydrogens (tertiary/aromatic N) is 5. The Morgan fingerprint density at radius 2 is 1.53 bits per heavy atom. The standard InChI is InChI=1S/C18H14Cl2FN5O2S2/c1-9(27)28-18(12-4-6-22-16(24-12)29-2,13-5-7-23-17(25-13)30-3)10-8-11(21)15(20)26-14(10)19/h4-8H,1-3H3. The van der Waals surface area contributed by atoms with Crippen LogP contribution in [0, 0.1) is 5.82 Å². The lowest BCUT2D eigenvalue weighted by atomic mass is 9.87. The molecule has 30 heavy (non-hydrogen) atoms. The van der Waals surface area contributed by atoms with Crippen LogP contribution < -0.4 is 0 Å². The Labute approximate surface area is 190 Å². The zero-order chi connectivity index (χ0) is 21.9. The Kier molecular flexibility index (Phi) is 7.12. The zero-order valence-corrected chi connectivity index (χ0v) is 19.0. The molecule has 0 atom stereocenters. The molecule has 0 N–H and O–H groups in total. The molecule has 0 spiro atoms. The van der Waals surface area contributed by atoms with E-state index in [1.807, 2.05) is 0 Å². The second kappa shape index (κ2) is 9.42. The number of carbonyl (C=O) groups is 1. The topological polar surface area (TPSA) is 90.8 Å². The third-order valence-corrected chi connectivity index (χ3v) is 5.59. The van der Waals surface area contributed by atoms with Gasteiger partial charge in [-0.2, -0.15) is 0 Å². The third-order valence-electron chi connectivity index (χ3n) is 3.92. The molecule has 0 bridgehead atoms. The van der Waals surface area contributed by atoms with Crippen molar-refractivity contribution in [3.63, 3.8) is 0 Å². The predicted octanol–water partition coefficient (Wildman–Crippen LogP) is 4.41. The number of esters is 1. The van der Waals surface area contributed by atoms with Crippen LogP contribution in [-0.2, 0) is 15.1 Å². The summed E-state index contributed by atoms with van der Waals surface area (Å²) in [6, 6.07) is 4.13. The van der Waals surface area contributed by atoms with Crippen molar-refractivity contribution in [1.29, 1.82) is 0 Å². The van der Waals surface area contributed by atoms with Crippen molar-refractivity contribution in [3.8, 4) is 0 Å². The van der Waals surface area contributed by atoms with Gasteiger partial charge in [-0.3, -0.25) is 4.79 Å². The second-order valence-electron chi connectivity index (χ2n) is 5.73. The fraction of sp³-hybridized carbons (Fsp3) is 0.222. The Morgan fingerprint density at radius 3 is 2.00 bits per heavy atom. The fourth-order valence-electron chi connectivity index (χ4n) is 2.75. The van der Waals surface area contributed by atoms with Gasteiger partial charge in [-0.05, 0) is 30.7 Å². The molecule has 0 saturated heterocycles. The van der Waals surface area contributed by atoms with Crippen LogP contribution in [0.3, 0.4) is 0 Å². The summed E-state index contributed by atoms with van der Waals surface area (Å²) in [4.78, 5) is 33.4. The number of aromatic nitrogens is 5. The summed E-state index contributed by atoms with van der Waals surface area (Å²) in [5.74, 6) is -1.51. The first-order valence-corrected chi connectivity index (χ1v) is 11.5. The summed E-state index contributed by atoms with van der Waals surface area (Å²) >= 11 is 14.7. The molecule has 0 aliphatic rings. The van der Waals surface area contributed by atoms with Gasteiger partial charge in [0, 0.05) is 24.9 Å². The smallest absolute Gasteiger partial charge is 0.304 e. The number of ether oxygens (including phenoxy) is 1. The predicted molar refractivity (Wildman–Crippen MR) is 113 cm³/mol. The van der Waals surface area contributed by atoms with Gasteiger partial charge in [0.25, 0.3) is 0 Å². The number of hydrogen-bond donors (Lipinski definition) is 0. The molecule has 0 fully saturated rings. The van der Waals surface area contributed by atoms with Crippen LogP contribution in [0.25, 0.3) is 0 Å². The Balaban J connectivity index is 2.46. The van der Waals surface area contributed by atoms with Crippen LogP contribution >= 0.6 is 46.7 Å². The Bertz CT molecular complexity index is 1060. The highest BCUT2D eigenvalue weighted by Gasteiger charge is 2.46. The molecular formula is C18H14Cl2FN5O2S2. The minimum atomic E-state index is -1.82. The number of halogens is 3. The second-order valence-corrected chi connectivity index (χ2v) is 7.99. The molecule has 0 unspecified atom stereocenters. The van der Waals surface area contributed by atoms with E-state index in [1.165, 1.54) is 55.0 Å². The van der Waals surface area contributed by atoms with E-state index in [4.69, 9.17) is 27.9 Å². The van der Waals surface area contributed by atoms with Crippen molar-refractivity contribution >= 4 is 52.7 Å². The summed E-state index contributed by atoms with van der Waals surface area (Å²) in [6.45, 7) is 1.22. The quantitative estimate of drug-likeness (QED) is 0.218. The fourth-order valence-corrected chi connectivity index (χ4v) is 3.91. The van der Waals surface area contributed by atoms with Crippen molar-refractivity contribution in [2.24, 2.45) is 0 Å². The van der Waals surface area contributed by atoms with Gasteiger partial charge in [0.15, 0.2) is 21.3 Å². The van der Waals surface area contributed by atoms with E-state index in [9.17, 15) is 9.18 Å². The summed E-state index contributed by atoms with van der Waals surface area (Å²) in [6.07, 6.45) is 6.58. The highest BCUT2D eigenvalue weighted by Crippen LogP contribution is 2.43. The molecule has 0 aliphatic heterocycles. The van der Waals surface area contributed by atoms with Gasteiger partial charge >= 0.3 is 5.97 Å². The number of rotatable bonds is 6. The molecule has 0 saturated carbocycles. The van der Waals surface area contributed by atoms with E-state index in [0.29, 0.717) is 10.3 Å². The first kappa shape index (κ1) is 22.7. The van der Waals surface area contributed by atoms with Crippen molar-refractivity contribution < 1.29 is 13.9 Å². The van der Waals surface area contributed by atoms with Crippen LogP contribution in [0.15, 0.2) is 40.9 Å². The molecule has 0 aliphatic carbocycles. The average Bonchev–Trinajstić information content (AvgIpc) is 2.74. The van der Waals surface area contributed by atoms with Gasteiger partial charge in [-0.25, -0.2) is 29.3 Å². The average molecular weight is 486 g/mol. The number of hydrogen-bond acceptors (Lipinski definition) is 9. The van der Waals surface area contributed by atoms with Crippen molar-refractivity contribution in [1.82, 2.24) is 24.9 Å². The molecule has 0 aromatic carbocycles. The van der Waals surface area contributed by atoms with Gasteiger partial charge in [0.1, 0.15) is 5.15 Å². The molecule has 0 amide bonds. The van der Waals surface area contributed by atoms with Crippen molar-refractivity contribution in [3.05, 3.63) is 63.7 Å². The molecule has 3 aromatic heterocycles. The Morgan fingerprint density at radius 1 is 1.00 bits per heavy atom. The highest BCUT2D eigenvalue weighted by atomic mass is 35.5. The maximum Gasteiger partial charge on any atom is 0.304 e. The lowest BCUT2D eigenvalue weighted by Gasteiger charge is -2.33. The first-order valence-electron chi connectivity index (χ1n) is 8.28. The molecule has 0 radical (unpaired) electrons. The molecule has 12 heteroatoms. The SMILES string of the molecule is CSc1nccc(C(OC(C)=O)(c2ccnc(SC)n2)c2cc(F)c(Cl)nc2Cl)n1. The van der Waals surface area contributed by atoms with Crippen LogP contribution in [-0.4, -0.2) is 43.4 Å². The normalized spacial score (nSPS) is 11.4. The maximum absolute atomic E-state index is 14.5. The number of carbonyl (C=O) groups excluding carboxylic acids is 1. The summed E-state index contributed by atoms with van der Waals surface area (Å²) < 4.78 is 20.3. The zero-order valence-electron chi connectivity index (χ0n) is 15.9. The molecule has 3 rings (SSSR count). The third kappa shape index (κ3) is 4.36. The monoisotopic (exact) mass is 485 g/mol. The van der Waals surface area contributed by atoms with Gasteiger partial charge < -0.3 is 4.74 Å². The van der Waals surface area contributed by atoms with Crippen LogP contribution in [0.5, 0.6) is 0 Å². The summed E-state index contributed by atoms with van der Waals surface area (Å²) in [7, 11) is 0. The lowest BCUT2D eigenvalue weighted by Crippen LogP contribution is -2.37. The Hall–Kier alpha value is -2.01. The van der Waals surface area contributed by atoms with E-state index >= 15 is 0 Å². The molecule has 156 valence electrons. The summed E-state index contributed by atoms with van der Waals surface area (Å²) in [5, 5.41) is 0.222. The van der Waals surface area contributed by atoms with E-state index < -0.39 is 22.5 Å². The van der Waals surface area contributed by atoms with Crippen LogP contribution in [0.4, 0.5) is 4.39 Å². The van der Waals surface area contributed by atoms with Gasteiger partial charge in [-0.15, -0.1) is 0 Å².